The van der Waals surface area contributed by atoms with Gasteiger partial charge in [-0.2, -0.15) is 0 Å². The molecule has 0 amide bonds. The number of methoxy groups -OCH3 is 1. The van der Waals surface area contributed by atoms with Crippen molar-refractivity contribution in [1.82, 2.24) is 4.98 Å². The predicted molar refractivity (Wildman–Crippen MR) is 48.0 cm³/mol. The van der Waals surface area contributed by atoms with Gasteiger partial charge in [-0.1, -0.05) is 6.58 Å². The van der Waals surface area contributed by atoms with Crippen molar-refractivity contribution < 1.29 is 4.74 Å². The van der Waals surface area contributed by atoms with Crippen molar-refractivity contribution in [1.29, 1.82) is 0 Å². The van der Waals surface area contributed by atoms with Crippen LogP contribution < -0.4 is 0 Å². The Balaban J connectivity index is 2.90. The summed E-state index contributed by atoms with van der Waals surface area (Å²) in [6, 6.07) is 3.74. The first kappa shape index (κ1) is 8.27. The quantitative estimate of drug-likeness (QED) is 0.705. The summed E-state index contributed by atoms with van der Waals surface area (Å²) in [7, 11) is 1.58. The summed E-state index contributed by atoms with van der Waals surface area (Å²) in [6.45, 7) is 3.67. The Hall–Kier alpha value is -0.830. The highest BCUT2D eigenvalue weighted by Gasteiger charge is 1.97. The first-order valence-corrected chi connectivity index (χ1v) is 3.88. The normalized spacial score (nSPS) is 9.27. The summed E-state index contributed by atoms with van der Waals surface area (Å²) in [4.78, 5) is 4.08. The second kappa shape index (κ2) is 3.53. The van der Waals surface area contributed by atoms with Gasteiger partial charge < -0.3 is 4.74 Å². The summed E-state index contributed by atoms with van der Waals surface area (Å²) in [5, 5.41) is 0. The maximum Gasteiger partial charge on any atom is 0.137 e. The van der Waals surface area contributed by atoms with Crippen LogP contribution in [0, 0.1) is 0 Å². The van der Waals surface area contributed by atoms with Crippen molar-refractivity contribution in [3.05, 3.63) is 35.1 Å². The first-order valence-electron chi connectivity index (χ1n) is 3.09. The van der Waals surface area contributed by atoms with E-state index in [9.17, 15) is 0 Å². The van der Waals surface area contributed by atoms with Crippen molar-refractivity contribution in [3.8, 4) is 0 Å². The van der Waals surface area contributed by atoms with Gasteiger partial charge in [-0.25, -0.2) is 0 Å². The van der Waals surface area contributed by atoms with Gasteiger partial charge in [0.1, 0.15) is 11.5 Å². The van der Waals surface area contributed by atoms with Gasteiger partial charge in [0.2, 0.25) is 0 Å². The smallest absolute Gasteiger partial charge is 0.137 e. The standard InChI is InChI=1S/C8H8BrNO/c1-6(11-2)8-4-3-7(9)5-10-8/h3-5H,1H2,2H3. The van der Waals surface area contributed by atoms with Crippen LogP contribution in [0.15, 0.2) is 29.4 Å². The maximum absolute atomic E-state index is 4.90. The fourth-order valence-electron chi connectivity index (χ4n) is 0.645. The Labute approximate surface area is 74.0 Å². The summed E-state index contributed by atoms with van der Waals surface area (Å²) >= 11 is 3.28. The van der Waals surface area contributed by atoms with Crippen LogP contribution >= 0.6 is 15.9 Å². The lowest BCUT2D eigenvalue weighted by Gasteiger charge is -2.01. The molecule has 1 aromatic heterocycles. The molecule has 1 rings (SSSR count). The molecule has 0 fully saturated rings. The van der Waals surface area contributed by atoms with E-state index in [1.54, 1.807) is 13.3 Å². The molecular formula is C8H8BrNO. The molecule has 0 saturated heterocycles. The van der Waals surface area contributed by atoms with Crippen LogP contribution in [0.1, 0.15) is 5.69 Å². The van der Waals surface area contributed by atoms with Gasteiger partial charge in [0.15, 0.2) is 0 Å². The Morgan fingerprint density at radius 3 is 2.82 bits per heavy atom. The molecule has 0 N–H and O–H groups in total. The third-order valence-corrected chi connectivity index (χ3v) is 1.73. The monoisotopic (exact) mass is 213 g/mol. The summed E-state index contributed by atoms with van der Waals surface area (Å²) in [5.74, 6) is 0.581. The molecule has 0 aromatic carbocycles. The number of hydrogen-bond acceptors (Lipinski definition) is 2. The van der Waals surface area contributed by atoms with Crippen LogP contribution in [-0.4, -0.2) is 12.1 Å². The van der Waals surface area contributed by atoms with Gasteiger partial charge >= 0.3 is 0 Å². The van der Waals surface area contributed by atoms with Gasteiger partial charge in [0.25, 0.3) is 0 Å². The van der Waals surface area contributed by atoms with Crippen molar-refractivity contribution in [2.75, 3.05) is 7.11 Å². The largest absolute Gasteiger partial charge is 0.495 e. The van der Waals surface area contributed by atoms with E-state index in [1.165, 1.54) is 0 Å². The van der Waals surface area contributed by atoms with Crippen LogP contribution in [0.5, 0.6) is 0 Å². The zero-order valence-electron chi connectivity index (χ0n) is 6.17. The van der Waals surface area contributed by atoms with Gasteiger partial charge in [-0.15, -0.1) is 0 Å². The molecule has 3 heteroatoms. The van der Waals surface area contributed by atoms with Gasteiger partial charge in [-0.3, -0.25) is 4.98 Å². The number of rotatable bonds is 2. The van der Waals surface area contributed by atoms with E-state index in [-0.39, 0.29) is 0 Å². The van der Waals surface area contributed by atoms with E-state index in [1.807, 2.05) is 12.1 Å². The second-order valence-corrected chi connectivity index (χ2v) is 2.90. The van der Waals surface area contributed by atoms with E-state index in [0.717, 1.165) is 10.2 Å². The fourth-order valence-corrected chi connectivity index (χ4v) is 0.880. The van der Waals surface area contributed by atoms with Gasteiger partial charge in [0.05, 0.1) is 7.11 Å². The second-order valence-electron chi connectivity index (χ2n) is 1.99. The van der Waals surface area contributed by atoms with E-state index in [4.69, 9.17) is 4.74 Å². The zero-order valence-corrected chi connectivity index (χ0v) is 7.76. The van der Waals surface area contributed by atoms with Crippen molar-refractivity contribution in [3.63, 3.8) is 0 Å². The molecule has 0 aliphatic heterocycles. The van der Waals surface area contributed by atoms with E-state index in [2.05, 4.69) is 27.5 Å². The first-order chi connectivity index (χ1) is 5.24. The summed E-state index contributed by atoms with van der Waals surface area (Å²) in [6.07, 6.45) is 1.71. The minimum absolute atomic E-state index is 0.581. The molecule has 58 valence electrons. The third-order valence-electron chi connectivity index (χ3n) is 1.26. The highest BCUT2D eigenvalue weighted by Crippen LogP contribution is 2.12. The van der Waals surface area contributed by atoms with Crippen LogP contribution in [0.25, 0.3) is 5.76 Å². The van der Waals surface area contributed by atoms with Crippen molar-refractivity contribution >= 4 is 21.7 Å². The predicted octanol–water partition coefficient (Wildman–Crippen LogP) is 2.46. The molecule has 0 aliphatic carbocycles. The number of halogens is 1. The number of hydrogen-bond donors (Lipinski definition) is 0. The molecule has 11 heavy (non-hydrogen) atoms. The lowest BCUT2D eigenvalue weighted by molar-refractivity contribution is 0.369. The molecule has 0 spiro atoms. The highest BCUT2D eigenvalue weighted by atomic mass is 79.9. The fraction of sp³-hybridized carbons (Fsp3) is 0.125. The Morgan fingerprint density at radius 1 is 1.64 bits per heavy atom. The molecule has 1 aromatic rings. The van der Waals surface area contributed by atoms with Crippen LogP contribution in [0.2, 0.25) is 0 Å². The Bertz CT molecular complexity index is 255. The van der Waals surface area contributed by atoms with E-state index >= 15 is 0 Å². The third kappa shape index (κ3) is 2.05. The zero-order chi connectivity index (χ0) is 8.27. The van der Waals surface area contributed by atoms with Gasteiger partial charge in [-0.05, 0) is 28.1 Å². The molecular weight excluding hydrogens is 206 g/mol. The molecule has 0 atom stereocenters. The summed E-state index contributed by atoms with van der Waals surface area (Å²) < 4.78 is 5.85. The molecule has 2 nitrogen and oxygen atoms in total. The topological polar surface area (TPSA) is 22.1 Å². The number of nitrogens with zero attached hydrogens (tertiary/aromatic N) is 1. The average molecular weight is 214 g/mol. The van der Waals surface area contributed by atoms with Gasteiger partial charge in [0, 0.05) is 10.7 Å². The lowest BCUT2D eigenvalue weighted by atomic mass is 10.3. The molecule has 0 radical (unpaired) electrons. The number of pyridine rings is 1. The average Bonchev–Trinajstić information content (AvgIpc) is 2.05. The van der Waals surface area contributed by atoms with Crippen molar-refractivity contribution in [2.24, 2.45) is 0 Å². The number of aromatic nitrogens is 1. The molecule has 0 aliphatic rings. The van der Waals surface area contributed by atoms with Crippen LogP contribution in [0.3, 0.4) is 0 Å². The van der Waals surface area contributed by atoms with Crippen LogP contribution in [-0.2, 0) is 4.74 Å². The van der Waals surface area contributed by atoms with E-state index < -0.39 is 0 Å². The molecule has 1 heterocycles. The maximum atomic E-state index is 4.90. The molecule has 0 unspecified atom stereocenters. The Morgan fingerprint density at radius 2 is 2.36 bits per heavy atom. The van der Waals surface area contributed by atoms with Crippen molar-refractivity contribution in [2.45, 2.75) is 0 Å². The Kier molecular flexibility index (Phi) is 2.65. The number of ether oxygens (including phenoxy) is 1. The molecule has 0 bridgehead atoms. The van der Waals surface area contributed by atoms with Crippen LogP contribution in [0.4, 0.5) is 0 Å². The van der Waals surface area contributed by atoms with E-state index in [0.29, 0.717) is 5.76 Å². The minimum atomic E-state index is 0.581. The lowest BCUT2D eigenvalue weighted by Crippen LogP contribution is -1.88. The highest BCUT2D eigenvalue weighted by molar-refractivity contribution is 9.10. The minimum Gasteiger partial charge on any atom is -0.495 e. The molecule has 0 saturated carbocycles. The summed E-state index contributed by atoms with van der Waals surface area (Å²) in [5.41, 5.74) is 0.760. The SMILES string of the molecule is C=C(OC)c1ccc(Br)cn1.